The largest absolute Gasteiger partial charge is 0.144 e. The van der Waals surface area contributed by atoms with Crippen LogP contribution in [-0.4, -0.2) is 0 Å². The summed E-state index contributed by atoms with van der Waals surface area (Å²) in [5, 5.41) is 4.20. The third-order valence-corrected chi connectivity index (χ3v) is 8.21. The molecule has 0 nitrogen and oxygen atoms in total. The molecule has 40 heavy (non-hydrogen) atoms. The lowest BCUT2D eigenvalue weighted by Gasteiger charge is -1.98. The first-order valence-electron chi connectivity index (χ1n) is 13.0. The second-order valence-electron chi connectivity index (χ2n) is 9.19. The van der Waals surface area contributed by atoms with E-state index in [1.54, 1.807) is 22.7 Å². The Hall–Kier alpha value is -4.86. The maximum atomic E-state index is 3.27. The number of thiophene rings is 2. The minimum absolute atomic E-state index is 1.00. The molecular formula is C38H24S2. The molecule has 0 N–H and O–H groups in total. The fourth-order valence-corrected chi connectivity index (χ4v) is 5.62. The van der Waals surface area contributed by atoms with Gasteiger partial charge in [-0.2, -0.15) is 0 Å². The first kappa shape index (κ1) is 25.4. The molecule has 0 atom stereocenters. The lowest BCUT2D eigenvalue weighted by molar-refractivity contribution is 1.59. The normalized spacial score (nSPS) is 10.5. The molecule has 6 aromatic rings. The predicted molar refractivity (Wildman–Crippen MR) is 173 cm³/mol. The van der Waals surface area contributed by atoms with Crippen LogP contribution in [0.3, 0.4) is 0 Å². The molecule has 0 saturated carbocycles. The summed E-state index contributed by atoms with van der Waals surface area (Å²) >= 11 is 3.50. The topological polar surface area (TPSA) is 0 Å². The Balaban J connectivity index is 1.05. The van der Waals surface area contributed by atoms with Crippen LogP contribution >= 0.6 is 22.7 Å². The van der Waals surface area contributed by atoms with Crippen LogP contribution in [-0.2, 0) is 0 Å². The van der Waals surface area contributed by atoms with E-state index in [1.807, 2.05) is 0 Å². The highest BCUT2D eigenvalue weighted by molar-refractivity contribution is 7.13. The molecule has 0 spiro atoms. The van der Waals surface area contributed by atoms with Crippen molar-refractivity contribution in [2.75, 3.05) is 0 Å². The van der Waals surface area contributed by atoms with Crippen molar-refractivity contribution < 1.29 is 0 Å². The van der Waals surface area contributed by atoms with E-state index in [9.17, 15) is 0 Å². The van der Waals surface area contributed by atoms with Gasteiger partial charge in [0.15, 0.2) is 0 Å². The highest BCUT2D eigenvalue weighted by Gasteiger charge is 1.99. The lowest BCUT2D eigenvalue weighted by atomic mass is 10.1. The average molecular weight is 545 g/mol. The SMILES string of the molecule is C(#Cc1ccc(-c2cccs2)cc1)c1ccc(C=Cc2ccc(C#Cc3ccc(-c4cccs4)cc3)cc2)cc1. The van der Waals surface area contributed by atoms with Crippen LogP contribution < -0.4 is 0 Å². The Kier molecular flexibility index (Phi) is 7.84. The van der Waals surface area contributed by atoms with Crippen molar-refractivity contribution in [1.82, 2.24) is 0 Å². The Morgan fingerprint density at radius 3 is 1.00 bits per heavy atom. The van der Waals surface area contributed by atoms with Crippen LogP contribution in [0.4, 0.5) is 0 Å². The van der Waals surface area contributed by atoms with Gasteiger partial charge in [0.25, 0.3) is 0 Å². The fourth-order valence-electron chi connectivity index (χ4n) is 4.16. The summed E-state index contributed by atoms with van der Waals surface area (Å²) in [7, 11) is 0. The van der Waals surface area contributed by atoms with Gasteiger partial charge in [-0.25, -0.2) is 0 Å². The molecule has 2 aromatic heterocycles. The molecule has 0 unspecified atom stereocenters. The van der Waals surface area contributed by atoms with E-state index in [1.165, 1.54) is 20.9 Å². The van der Waals surface area contributed by atoms with E-state index < -0.39 is 0 Å². The summed E-state index contributed by atoms with van der Waals surface area (Å²) in [6, 6.07) is 42.0. The van der Waals surface area contributed by atoms with Crippen molar-refractivity contribution in [2.24, 2.45) is 0 Å². The molecule has 4 aromatic carbocycles. The summed E-state index contributed by atoms with van der Waals surface area (Å²) < 4.78 is 0. The van der Waals surface area contributed by atoms with Crippen LogP contribution in [0.5, 0.6) is 0 Å². The van der Waals surface area contributed by atoms with Gasteiger partial charge in [0.1, 0.15) is 0 Å². The van der Waals surface area contributed by atoms with Gasteiger partial charge in [-0.05, 0) is 93.7 Å². The molecule has 0 aliphatic rings. The van der Waals surface area contributed by atoms with Crippen molar-refractivity contribution in [3.05, 3.63) is 165 Å². The minimum atomic E-state index is 1.00. The van der Waals surface area contributed by atoms with Gasteiger partial charge < -0.3 is 0 Å². The van der Waals surface area contributed by atoms with Crippen molar-refractivity contribution >= 4 is 34.8 Å². The summed E-state index contributed by atoms with van der Waals surface area (Å²) in [4.78, 5) is 2.55. The summed E-state index contributed by atoms with van der Waals surface area (Å²) in [5.41, 5.74) is 8.78. The molecule has 2 heteroatoms. The van der Waals surface area contributed by atoms with Gasteiger partial charge in [-0.3, -0.25) is 0 Å². The first-order valence-corrected chi connectivity index (χ1v) is 14.7. The van der Waals surface area contributed by atoms with Crippen LogP contribution in [0.25, 0.3) is 33.0 Å². The second-order valence-corrected chi connectivity index (χ2v) is 11.1. The quantitative estimate of drug-likeness (QED) is 0.153. The Labute approximate surface area is 243 Å². The van der Waals surface area contributed by atoms with Gasteiger partial charge in [0.05, 0.1) is 0 Å². The van der Waals surface area contributed by atoms with Gasteiger partial charge in [-0.15, -0.1) is 22.7 Å². The third-order valence-electron chi connectivity index (χ3n) is 6.37. The highest BCUT2D eigenvalue weighted by Crippen LogP contribution is 2.25. The van der Waals surface area contributed by atoms with E-state index in [2.05, 4.69) is 168 Å². The lowest BCUT2D eigenvalue weighted by Crippen LogP contribution is -1.79. The Morgan fingerprint density at radius 2 is 0.700 bits per heavy atom. The van der Waals surface area contributed by atoms with E-state index in [0.717, 1.165) is 33.4 Å². The van der Waals surface area contributed by atoms with Crippen molar-refractivity contribution in [2.45, 2.75) is 0 Å². The maximum Gasteiger partial charge on any atom is 0.0342 e. The molecule has 0 aliphatic heterocycles. The fraction of sp³-hybridized carbons (Fsp3) is 0. The number of benzene rings is 4. The molecule has 6 rings (SSSR count). The Morgan fingerprint density at radius 1 is 0.375 bits per heavy atom. The summed E-state index contributed by atoms with van der Waals surface area (Å²) in [5.74, 6) is 13.1. The zero-order chi connectivity index (χ0) is 27.0. The molecule has 0 radical (unpaired) electrons. The highest BCUT2D eigenvalue weighted by atomic mass is 32.1. The smallest absolute Gasteiger partial charge is 0.0342 e. The molecule has 0 saturated heterocycles. The molecule has 188 valence electrons. The predicted octanol–water partition coefficient (Wildman–Crippen LogP) is 10.1. The summed E-state index contributed by atoms with van der Waals surface area (Å²) in [6.07, 6.45) is 4.24. The molecular weight excluding hydrogens is 521 g/mol. The minimum Gasteiger partial charge on any atom is -0.144 e. The van der Waals surface area contributed by atoms with Crippen molar-refractivity contribution in [3.63, 3.8) is 0 Å². The average Bonchev–Trinajstić information content (AvgIpc) is 3.75. The number of rotatable bonds is 4. The number of hydrogen-bond donors (Lipinski definition) is 0. The van der Waals surface area contributed by atoms with E-state index in [4.69, 9.17) is 0 Å². The van der Waals surface area contributed by atoms with E-state index in [-0.39, 0.29) is 0 Å². The van der Waals surface area contributed by atoms with Crippen molar-refractivity contribution in [3.8, 4) is 44.6 Å². The molecule has 2 heterocycles. The second kappa shape index (κ2) is 12.3. The van der Waals surface area contributed by atoms with Crippen molar-refractivity contribution in [1.29, 1.82) is 0 Å². The monoisotopic (exact) mass is 544 g/mol. The Bertz CT molecular complexity index is 1690. The van der Waals surface area contributed by atoms with Gasteiger partial charge in [-0.1, -0.05) is 96.5 Å². The van der Waals surface area contributed by atoms with E-state index >= 15 is 0 Å². The standard InChI is InChI=1S/C38H24S2/c1-3-37(39-27-1)35-23-19-33(20-24-35)17-15-31-11-7-29(8-12-31)5-6-30-9-13-32(14-10-30)16-18-34-21-25-36(26-22-34)38-4-2-28-40-38/h1-14,19-28H. The van der Waals surface area contributed by atoms with Crippen LogP contribution in [0.1, 0.15) is 33.4 Å². The van der Waals surface area contributed by atoms with Crippen LogP contribution in [0, 0.1) is 23.7 Å². The van der Waals surface area contributed by atoms with E-state index in [0.29, 0.717) is 0 Å². The number of hydrogen-bond acceptors (Lipinski definition) is 2. The molecule has 0 bridgehead atoms. The van der Waals surface area contributed by atoms with Crippen LogP contribution in [0.2, 0.25) is 0 Å². The molecule has 0 fully saturated rings. The van der Waals surface area contributed by atoms with Gasteiger partial charge >= 0.3 is 0 Å². The zero-order valence-electron chi connectivity index (χ0n) is 21.7. The zero-order valence-corrected chi connectivity index (χ0v) is 23.3. The van der Waals surface area contributed by atoms with Gasteiger partial charge in [0, 0.05) is 32.0 Å². The molecule has 0 aliphatic carbocycles. The molecule has 0 amide bonds. The maximum absolute atomic E-state index is 3.27. The van der Waals surface area contributed by atoms with Gasteiger partial charge in [0.2, 0.25) is 0 Å². The van der Waals surface area contributed by atoms with Crippen LogP contribution in [0.15, 0.2) is 132 Å². The first-order chi connectivity index (χ1) is 19.8. The third kappa shape index (κ3) is 6.58. The summed E-state index contributed by atoms with van der Waals surface area (Å²) in [6.45, 7) is 0.